The van der Waals surface area contributed by atoms with Crippen molar-refractivity contribution < 1.29 is 22.4 Å². The van der Waals surface area contributed by atoms with E-state index < -0.39 is 0 Å². The van der Waals surface area contributed by atoms with Gasteiger partial charge >= 0.3 is 0 Å². The molecule has 170 valence electrons. The third-order valence-corrected chi connectivity index (χ3v) is 7.87. The van der Waals surface area contributed by atoms with E-state index in [9.17, 15) is 9.90 Å². The van der Waals surface area contributed by atoms with E-state index in [0.717, 1.165) is 32.6 Å². The van der Waals surface area contributed by atoms with Crippen LogP contribution in [-0.2, 0) is 25.9 Å². The predicted molar refractivity (Wildman–Crippen MR) is 122 cm³/mol. The number of hydrogen-bond acceptors (Lipinski definition) is 2. The summed E-state index contributed by atoms with van der Waals surface area (Å²) in [7, 11) is 0. The number of halogens is 1. The smallest absolute Gasteiger partial charge is 0.250 e. The molecule has 0 spiro atoms. The van der Waals surface area contributed by atoms with Crippen molar-refractivity contribution in [3.05, 3.63) is 69.8 Å². The lowest BCUT2D eigenvalue weighted by Crippen LogP contribution is -3.15. The molecule has 6 rings (SSSR count). The Morgan fingerprint density at radius 3 is 2.81 bits per heavy atom. The fourth-order valence-electron chi connectivity index (χ4n) is 6.69. The van der Waals surface area contributed by atoms with E-state index in [4.69, 9.17) is 0 Å². The monoisotopic (exact) mass is 453 g/mol. The van der Waals surface area contributed by atoms with Crippen LogP contribution in [0.2, 0.25) is 0 Å². The Labute approximate surface area is 195 Å². The van der Waals surface area contributed by atoms with Crippen molar-refractivity contribution >= 4 is 10.9 Å². The summed E-state index contributed by atoms with van der Waals surface area (Å²) in [5, 5.41) is 12.5. The highest BCUT2D eigenvalue weighted by atomic mass is 35.5. The third kappa shape index (κ3) is 3.70. The van der Waals surface area contributed by atoms with Crippen LogP contribution in [0.15, 0.2) is 47.3 Å². The molecule has 1 fully saturated rings. The molecule has 3 aromatic rings. The SMILES string of the molecule is O=c1cccc2n1C[C@H]1C[C@@H]2C[NH+](CC(O)Cn2c3c(c4ccccc42)CCCC3)C1.[Cl-]. The molecule has 5 nitrogen and oxygen atoms in total. The quantitative estimate of drug-likeness (QED) is 0.518. The number of pyridine rings is 1. The van der Waals surface area contributed by atoms with Crippen LogP contribution in [0.3, 0.4) is 0 Å². The highest BCUT2D eigenvalue weighted by molar-refractivity contribution is 5.85. The zero-order chi connectivity index (χ0) is 20.9. The first-order valence-corrected chi connectivity index (χ1v) is 12.0. The summed E-state index contributed by atoms with van der Waals surface area (Å²) < 4.78 is 4.40. The molecule has 2 bridgehead atoms. The van der Waals surface area contributed by atoms with E-state index in [-0.39, 0.29) is 24.1 Å². The van der Waals surface area contributed by atoms with Gasteiger partial charge in [0.1, 0.15) is 12.6 Å². The minimum absolute atomic E-state index is 0. The molecule has 6 heteroatoms. The standard InChI is InChI=1S/C26H31N3O2.ClH/c30-20(17-28-24-8-3-1-6-21(24)22-7-2-4-9-25(22)28)16-27-13-18-12-19(15-27)23-10-5-11-26(31)29(23)14-18;/h1,3,5-6,8,10-11,18-20,30H,2,4,7,9,12-17H2;1H/t18-,19+,20?;/m0./s1. The highest BCUT2D eigenvalue weighted by Gasteiger charge is 2.37. The molecule has 0 saturated carbocycles. The van der Waals surface area contributed by atoms with Crippen molar-refractivity contribution in [3.63, 3.8) is 0 Å². The van der Waals surface area contributed by atoms with E-state index in [0.29, 0.717) is 18.4 Å². The number of fused-ring (bicyclic) bond motifs is 7. The normalized spacial score (nSPS) is 25.0. The molecule has 4 atom stereocenters. The summed E-state index contributed by atoms with van der Waals surface area (Å²) in [5.41, 5.74) is 5.58. The van der Waals surface area contributed by atoms with Gasteiger partial charge < -0.3 is 31.5 Å². The molecule has 3 aliphatic rings. The van der Waals surface area contributed by atoms with Crippen LogP contribution in [0.1, 0.15) is 42.1 Å². The lowest BCUT2D eigenvalue weighted by Gasteiger charge is -2.40. The zero-order valence-electron chi connectivity index (χ0n) is 18.5. The number of piperidine rings is 1. The van der Waals surface area contributed by atoms with Gasteiger partial charge in [-0.25, -0.2) is 0 Å². The first-order chi connectivity index (χ1) is 15.2. The van der Waals surface area contributed by atoms with Crippen LogP contribution in [0.25, 0.3) is 10.9 Å². The third-order valence-electron chi connectivity index (χ3n) is 7.87. The Kier molecular flexibility index (Phi) is 5.91. The van der Waals surface area contributed by atoms with Gasteiger partial charge in [-0.3, -0.25) is 4.79 Å². The number of likely N-dealkylation sites (tertiary alicyclic amines) is 1. The number of nitrogens with zero attached hydrogens (tertiary/aromatic N) is 2. The van der Waals surface area contributed by atoms with E-state index in [1.807, 2.05) is 10.6 Å². The van der Waals surface area contributed by atoms with Gasteiger partial charge in [0.2, 0.25) is 0 Å². The summed E-state index contributed by atoms with van der Waals surface area (Å²) in [5.74, 6) is 0.970. The largest absolute Gasteiger partial charge is 1.00 e. The van der Waals surface area contributed by atoms with Gasteiger partial charge in [0.15, 0.2) is 0 Å². The number of hydrogen-bond donors (Lipinski definition) is 2. The number of para-hydroxylation sites is 1. The summed E-state index contributed by atoms with van der Waals surface area (Å²) in [6.45, 7) is 4.37. The lowest BCUT2D eigenvalue weighted by molar-refractivity contribution is -0.914. The van der Waals surface area contributed by atoms with E-state index >= 15 is 0 Å². The molecule has 2 aromatic heterocycles. The van der Waals surface area contributed by atoms with Gasteiger partial charge in [-0.1, -0.05) is 24.3 Å². The molecule has 0 radical (unpaired) electrons. The van der Waals surface area contributed by atoms with Crippen molar-refractivity contribution in [2.45, 2.75) is 57.2 Å². The summed E-state index contributed by atoms with van der Waals surface area (Å²) in [6, 6.07) is 14.4. The van der Waals surface area contributed by atoms with Crippen molar-refractivity contribution in [2.24, 2.45) is 5.92 Å². The molecule has 2 N–H and O–H groups in total. The summed E-state index contributed by atoms with van der Waals surface area (Å²) in [4.78, 5) is 13.8. The average molecular weight is 454 g/mol. The second kappa shape index (κ2) is 8.69. The molecule has 32 heavy (non-hydrogen) atoms. The molecular formula is C26H32ClN3O2. The fraction of sp³-hybridized carbons (Fsp3) is 0.500. The lowest BCUT2D eigenvalue weighted by atomic mass is 9.83. The van der Waals surface area contributed by atoms with E-state index in [1.54, 1.807) is 6.07 Å². The van der Waals surface area contributed by atoms with Crippen LogP contribution in [0.4, 0.5) is 0 Å². The van der Waals surface area contributed by atoms with Gasteiger partial charge in [-0.2, -0.15) is 0 Å². The number of aliphatic hydroxyl groups excluding tert-OH is 1. The Hall–Kier alpha value is -2.08. The predicted octanol–water partition coefficient (Wildman–Crippen LogP) is -1.25. The number of benzene rings is 1. The molecule has 0 amide bonds. The van der Waals surface area contributed by atoms with Crippen LogP contribution in [-0.4, -0.2) is 40.0 Å². The number of nitrogens with one attached hydrogen (secondary N) is 1. The van der Waals surface area contributed by atoms with E-state index in [2.05, 4.69) is 34.9 Å². The second-order valence-electron chi connectivity index (χ2n) is 9.97. The topological polar surface area (TPSA) is 51.6 Å². The van der Waals surface area contributed by atoms with Crippen LogP contribution >= 0.6 is 0 Å². The molecule has 4 heterocycles. The summed E-state index contributed by atoms with van der Waals surface area (Å²) >= 11 is 0. The first kappa shape index (κ1) is 21.7. The maximum Gasteiger partial charge on any atom is 0.250 e. The Balaban J connectivity index is 0.00000216. The fourth-order valence-corrected chi connectivity index (χ4v) is 6.69. The van der Waals surface area contributed by atoms with Crippen LogP contribution in [0, 0.1) is 5.92 Å². The Bertz CT molecular complexity index is 1180. The summed E-state index contributed by atoms with van der Waals surface area (Å²) in [6.07, 6.45) is 5.64. The second-order valence-corrected chi connectivity index (χ2v) is 9.97. The van der Waals surface area contributed by atoms with Gasteiger partial charge in [0.25, 0.3) is 5.56 Å². The maximum absolute atomic E-state index is 12.3. The Morgan fingerprint density at radius 2 is 1.91 bits per heavy atom. The van der Waals surface area contributed by atoms with Crippen LogP contribution in [0.5, 0.6) is 0 Å². The molecule has 1 saturated heterocycles. The van der Waals surface area contributed by atoms with E-state index in [1.165, 1.54) is 58.4 Å². The van der Waals surface area contributed by atoms with Crippen molar-refractivity contribution in [2.75, 3.05) is 19.6 Å². The number of aromatic nitrogens is 2. The molecule has 1 aromatic carbocycles. The average Bonchev–Trinajstić information content (AvgIpc) is 3.08. The molecule has 2 aliphatic heterocycles. The van der Waals surface area contributed by atoms with Crippen LogP contribution < -0.4 is 22.9 Å². The van der Waals surface area contributed by atoms with Crippen molar-refractivity contribution in [1.82, 2.24) is 9.13 Å². The Morgan fingerprint density at radius 1 is 1.06 bits per heavy atom. The molecular weight excluding hydrogens is 422 g/mol. The zero-order valence-corrected chi connectivity index (χ0v) is 19.2. The van der Waals surface area contributed by atoms with Gasteiger partial charge in [-0.05, 0) is 49.8 Å². The number of aryl methyl sites for hydroxylation is 1. The highest BCUT2D eigenvalue weighted by Crippen LogP contribution is 2.33. The van der Waals surface area contributed by atoms with Crippen molar-refractivity contribution in [3.8, 4) is 0 Å². The number of rotatable bonds is 4. The van der Waals surface area contributed by atoms with Gasteiger partial charge in [-0.15, -0.1) is 0 Å². The minimum Gasteiger partial charge on any atom is -1.00 e. The maximum atomic E-state index is 12.3. The number of quaternary nitrogens is 1. The van der Waals surface area contributed by atoms with Crippen molar-refractivity contribution in [1.29, 1.82) is 0 Å². The molecule has 2 unspecified atom stereocenters. The molecule has 1 aliphatic carbocycles. The number of aliphatic hydroxyl groups is 1. The van der Waals surface area contributed by atoms with Gasteiger partial charge in [0.05, 0.1) is 19.6 Å². The van der Waals surface area contributed by atoms with Gasteiger partial charge in [0, 0.05) is 46.7 Å². The minimum atomic E-state index is -0.353. The first-order valence-electron chi connectivity index (χ1n) is 12.0.